The van der Waals surface area contributed by atoms with Gasteiger partial charge in [-0.1, -0.05) is 41.4 Å². The smallest absolute Gasteiger partial charge is 0.356 e. The molecule has 0 aliphatic rings. The number of rotatable bonds is 5. The molecule has 0 fully saturated rings. The summed E-state index contributed by atoms with van der Waals surface area (Å²) < 4.78 is 28.4. The van der Waals surface area contributed by atoms with Crippen molar-refractivity contribution in [1.29, 1.82) is 5.26 Å². The Bertz CT molecular complexity index is 1610. The van der Waals surface area contributed by atoms with E-state index in [-0.39, 0.29) is 32.3 Å². The van der Waals surface area contributed by atoms with E-state index in [4.69, 9.17) is 23.2 Å². The van der Waals surface area contributed by atoms with Crippen molar-refractivity contribution in [2.75, 3.05) is 0 Å². The molecule has 2 aromatic heterocycles. The van der Waals surface area contributed by atoms with Gasteiger partial charge in [-0.3, -0.25) is 0 Å². The van der Waals surface area contributed by atoms with Crippen LogP contribution in [0.25, 0.3) is 10.9 Å². The lowest BCUT2D eigenvalue weighted by molar-refractivity contribution is 0.0690. The normalized spacial score (nSPS) is 12.4. The fourth-order valence-corrected chi connectivity index (χ4v) is 5.91. The van der Waals surface area contributed by atoms with Gasteiger partial charge in [0.25, 0.3) is 10.0 Å². The van der Waals surface area contributed by atoms with Crippen LogP contribution in [-0.2, 0) is 10.0 Å². The number of aliphatic hydroxyl groups is 1. The highest BCUT2D eigenvalue weighted by atomic mass is 35.5. The lowest BCUT2D eigenvalue weighted by Gasteiger charge is -2.19. The predicted molar refractivity (Wildman–Crippen MR) is 126 cm³/mol. The number of halogens is 2. The zero-order chi connectivity index (χ0) is 24.8. The third-order valence-electron chi connectivity index (χ3n) is 5.29. The molecule has 0 aliphatic heterocycles. The van der Waals surface area contributed by atoms with Crippen LogP contribution in [0, 0.1) is 18.3 Å². The molecule has 1 atom stereocenters. The van der Waals surface area contributed by atoms with Crippen LogP contribution in [-0.4, -0.2) is 33.6 Å². The van der Waals surface area contributed by atoms with Gasteiger partial charge in [0.15, 0.2) is 5.69 Å². The van der Waals surface area contributed by atoms with Crippen LogP contribution < -0.4 is 0 Å². The van der Waals surface area contributed by atoms with Gasteiger partial charge in [0.2, 0.25) is 0 Å². The first kappa shape index (κ1) is 23.7. The van der Waals surface area contributed by atoms with E-state index in [1.807, 2.05) is 6.07 Å². The largest absolute Gasteiger partial charge is 0.476 e. The summed E-state index contributed by atoms with van der Waals surface area (Å²) >= 11 is 12.4. The standard InChI is InChI=1S/C23H15Cl2N3O5S/c1-12-7-13(10-26)8-17-15(12)9-18(28(17)34(32,33)14-5-3-2-4-6-14)22(29)19-16(24)11-27-21(20(19)25)23(30)31/h2-9,11,22,29H,1H3,(H,30,31). The fraction of sp³-hybridized carbons (Fsp3) is 0.0870. The van der Waals surface area contributed by atoms with Crippen LogP contribution >= 0.6 is 23.2 Å². The Morgan fingerprint density at radius 1 is 1.18 bits per heavy atom. The Hall–Kier alpha value is -3.42. The van der Waals surface area contributed by atoms with Crippen LogP contribution in [0.3, 0.4) is 0 Å². The molecule has 0 spiro atoms. The van der Waals surface area contributed by atoms with Crippen molar-refractivity contribution in [3.63, 3.8) is 0 Å². The summed E-state index contributed by atoms with van der Waals surface area (Å²) in [5, 5.41) is 30.0. The molecule has 172 valence electrons. The predicted octanol–water partition coefficient (Wildman–Crippen LogP) is 4.54. The van der Waals surface area contributed by atoms with Gasteiger partial charge >= 0.3 is 5.97 Å². The van der Waals surface area contributed by atoms with Crippen LogP contribution in [0.4, 0.5) is 0 Å². The summed E-state index contributed by atoms with van der Waals surface area (Å²) in [6, 6.07) is 14.0. The first-order valence-corrected chi connectivity index (χ1v) is 11.9. The van der Waals surface area contributed by atoms with Gasteiger partial charge in [-0.05, 0) is 42.8 Å². The number of aromatic nitrogens is 2. The van der Waals surface area contributed by atoms with Crippen LogP contribution in [0.2, 0.25) is 10.0 Å². The van der Waals surface area contributed by atoms with Gasteiger partial charge < -0.3 is 10.2 Å². The number of carboxylic acids is 1. The van der Waals surface area contributed by atoms with E-state index in [2.05, 4.69) is 4.98 Å². The van der Waals surface area contributed by atoms with E-state index in [1.54, 1.807) is 31.2 Å². The second kappa shape index (κ2) is 8.74. The number of hydrogen-bond acceptors (Lipinski definition) is 6. The van der Waals surface area contributed by atoms with E-state index < -0.39 is 32.8 Å². The zero-order valence-corrected chi connectivity index (χ0v) is 19.7. The highest BCUT2D eigenvalue weighted by Gasteiger charge is 2.31. The number of aryl methyl sites for hydroxylation is 1. The number of pyridine rings is 1. The van der Waals surface area contributed by atoms with Crippen LogP contribution in [0.15, 0.2) is 59.6 Å². The first-order valence-electron chi connectivity index (χ1n) is 9.70. The van der Waals surface area contributed by atoms with E-state index >= 15 is 0 Å². The average Bonchev–Trinajstić information content (AvgIpc) is 3.20. The number of carboxylic acid groups (broad SMARTS) is 1. The highest BCUT2D eigenvalue weighted by molar-refractivity contribution is 7.90. The maximum absolute atomic E-state index is 13.7. The summed E-state index contributed by atoms with van der Waals surface area (Å²) in [7, 11) is -4.27. The molecule has 2 N–H and O–H groups in total. The quantitative estimate of drug-likeness (QED) is 0.398. The van der Waals surface area contributed by atoms with Crippen LogP contribution in [0.5, 0.6) is 0 Å². The molecule has 4 rings (SSSR count). The number of aliphatic hydroxyl groups excluding tert-OH is 1. The van der Waals surface area contributed by atoms with Crippen molar-refractivity contribution in [3.8, 4) is 6.07 Å². The zero-order valence-electron chi connectivity index (χ0n) is 17.4. The minimum atomic E-state index is -4.27. The molecule has 34 heavy (non-hydrogen) atoms. The molecule has 0 bridgehead atoms. The van der Waals surface area contributed by atoms with Gasteiger partial charge in [-0.25, -0.2) is 22.2 Å². The molecule has 0 saturated carbocycles. The Labute approximate surface area is 204 Å². The third-order valence-corrected chi connectivity index (χ3v) is 7.73. The van der Waals surface area contributed by atoms with E-state index in [0.717, 1.165) is 10.2 Å². The topological polar surface area (TPSA) is 133 Å². The van der Waals surface area contributed by atoms with Crippen molar-refractivity contribution in [3.05, 3.63) is 92.9 Å². The molecule has 0 radical (unpaired) electrons. The van der Waals surface area contributed by atoms with Crippen molar-refractivity contribution in [2.24, 2.45) is 0 Å². The maximum atomic E-state index is 13.7. The van der Waals surface area contributed by atoms with Gasteiger partial charge in [0.05, 0.1) is 37.8 Å². The summed E-state index contributed by atoms with van der Waals surface area (Å²) in [5.41, 5.74) is 0.0971. The van der Waals surface area contributed by atoms with Crippen molar-refractivity contribution in [1.82, 2.24) is 8.96 Å². The molecule has 2 aromatic carbocycles. The molecule has 2 heterocycles. The number of nitriles is 1. The molecular weight excluding hydrogens is 501 g/mol. The Balaban J connectivity index is 2.10. The van der Waals surface area contributed by atoms with E-state index in [0.29, 0.717) is 10.9 Å². The fourth-order valence-electron chi connectivity index (χ4n) is 3.73. The summed E-state index contributed by atoms with van der Waals surface area (Å²) in [4.78, 5) is 15.1. The average molecular weight is 516 g/mol. The summed E-state index contributed by atoms with van der Waals surface area (Å²) in [6.45, 7) is 1.70. The molecule has 11 heteroatoms. The number of benzene rings is 2. The lowest BCUT2D eigenvalue weighted by Crippen LogP contribution is -2.19. The van der Waals surface area contributed by atoms with Gasteiger partial charge in [-0.15, -0.1) is 0 Å². The van der Waals surface area contributed by atoms with Gasteiger partial charge in [0.1, 0.15) is 6.10 Å². The van der Waals surface area contributed by atoms with E-state index in [1.165, 1.54) is 24.3 Å². The van der Waals surface area contributed by atoms with Gasteiger partial charge in [0, 0.05) is 17.1 Å². The van der Waals surface area contributed by atoms with Crippen molar-refractivity contribution < 1.29 is 23.4 Å². The molecule has 1 unspecified atom stereocenters. The maximum Gasteiger partial charge on any atom is 0.356 e. The second-order valence-electron chi connectivity index (χ2n) is 7.38. The molecule has 0 saturated heterocycles. The highest BCUT2D eigenvalue weighted by Crippen LogP contribution is 2.39. The minimum absolute atomic E-state index is 0.0564. The van der Waals surface area contributed by atoms with Crippen molar-refractivity contribution in [2.45, 2.75) is 17.9 Å². The Kier molecular flexibility index (Phi) is 6.10. The number of aromatic carboxylic acids is 1. The SMILES string of the molecule is Cc1cc(C#N)cc2c1cc(C(O)c1c(Cl)cnc(C(=O)O)c1Cl)n2S(=O)(=O)c1ccccc1. The summed E-state index contributed by atoms with van der Waals surface area (Å²) in [5.74, 6) is -1.44. The molecule has 8 nitrogen and oxygen atoms in total. The molecule has 4 aromatic rings. The number of carbonyl (C=O) groups is 1. The van der Waals surface area contributed by atoms with E-state index in [9.17, 15) is 28.7 Å². The number of nitrogens with zero attached hydrogens (tertiary/aromatic N) is 3. The Morgan fingerprint density at radius 3 is 2.47 bits per heavy atom. The van der Waals surface area contributed by atoms with Gasteiger partial charge in [-0.2, -0.15) is 5.26 Å². The van der Waals surface area contributed by atoms with Crippen molar-refractivity contribution >= 4 is 50.1 Å². The molecule has 0 amide bonds. The second-order valence-corrected chi connectivity index (χ2v) is 9.95. The monoisotopic (exact) mass is 515 g/mol. The molecular formula is C23H15Cl2N3O5S. The minimum Gasteiger partial charge on any atom is -0.476 e. The number of fused-ring (bicyclic) bond motifs is 1. The van der Waals surface area contributed by atoms with Crippen LogP contribution in [0.1, 0.15) is 39.0 Å². The lowest BCUT2D eigenvalue weighted by atomic mass is 10.0. The molecule has 0 aliphatic carbocycles. The summed E-state index contributed by atoms with van der Waals surface area (Å²) in [6.07, 6.45) is -0.718. The third kappa shape index (κ3) is 3.81. The Morgan fingerprint density at radius 2 is 1.85 bits per heavy atom. The first-order chi connectivity index (χ1) is 16.1. The number of hydrogen-bond donors (Lipinski definition) is 2.